The summed E-state index contributed by atoms with van der Waals surface area (Å²) >= 11 is 0. The Morgan fingerprint density at radius 3 is 1.25 bits per heavy atom. The molecule has 0 aromatic heterocycles. The number of rotatable bonds is 0. The van der Waals surface area contributed by atoms with E-state index in [1.807, 2.05) is 0 Å². The first-order chi connectivity index (χ1) is 1.00. The Hall–Kier alpha value is 1.51. The first-order valence-electron chi connectivity index (χ1n) is 0.408. The van der Waals surface area contributed by atoms with Gasteiger partial charge in [0.25, 0.3) is 0 Å². The molecule has 0 saturated heterocycles. The fourth-order valence-electron chi connectivity index (χ4n) is 0. The van der Waals surface area contributed by atoms with E-state index >= 15 is 0 Å². The van der Waals surface area contributed by atoms with Crippen molar-refractivity contribution >= 4 is 0 Å². The molecule has 0 aromatic rings. The van der Waals surface area contributed by atoms with Crippen molar-refractivity contribution in [1.82, 2.24) is 0 Å². The average molecular weight is 302 g/mol. The van der Waals surface area contributed by atoms with E-state index in [9.17, 15) is 0 Å². The van der Waals surface area contributed by atoms with Crippen LogP contribution in [0.5, 0.6) is 0 Å². The van der Waals surface area contributed by atoms with Crippen LogP contribution in [0.4, 0.5) is 0 Å². The summed E-state index contributed by atoms with van der Waals surface area (Å²) < 4.78 is 0. The van der Waals surface area contributed by atoms with Crippen molar-refractivity contribution in [2.75, 3.05) is 0 Å². The van der Waals surface area contributed by atoms with Gasteiger partial charge < -0.3 is 6.58 Å². The molecule has 0 aromatic carbocycles. The van der Waals surface area contributed by atoms with Crippen LogP contribution in [0.2, 0.25) is 0 Å². The summed E-state index contributed by atoms with van der Waals surface area (Å²) in [6.07, 6.45) is 0. The van der Waals surface area contributed by atoms with E-state index in [1.54, 1.807) is 0 Å². The normalized spacial score (nSPS) is 1.00. The Bertz CT molecular complexity index is 6.00. The summed E-state index contributed by atoms with van der Waals surface area (Å²) in [5.74, 6) is 0. The average Bonchev–Trinajstić information content (AvgIpc) is 1.00. The van der Waals surface area contributed by atoms with Gasteiger partial charge in [0.05, 0.1) is 0 Å². The van der Waals surface area contributed by atoms with Gasteiger partial charge in [0.2, 0.25) is 0 Å². The molecule has 0 saturated carbocycles. The van der Waals surface area contributed by atoms with Gasteiger partial charge in [-0.25, -0.2) is 0 Å². The molecule has 0 heterocycles. The van der Waals surface area contributed by atoms with Gasteiger partial charge in [-0.05, 0) is 0 Å². The predicted molar refractivity (Wildman–Crippen MR) is 9.93 cm³/mol. The van der Waals surface area contributed by atoms with Gasteiger partial charge >= 0.3 is 0 Å². The van der Waals surface area contributed by atoms with E-state index in [1.165, 1.54) is 0 Å². The minimum absolute atomic E-state index is 0. The molecule has 0 aliphatic carbocycles. The van der Waals surface area contributed by atoms with Gasteiger partial charge in [0.1, 0.15) is 0 Å². The molecule has 2 radical (unpaired) electrons. The fraction of sp³-hybridized carbons (Fsp3) is 0. The molecule has 0 bridgehead atoms. The van der Waals surface area contributed by atoms with Crippen LogP contribution >= 0.6 is 0 Å². The molecule has 2 heteroatoms. The summed E-state index contributed by atoms with van der Waals surface area (Å²) in [7, 11) is 0. The van der Waals surface area contributed by atoms with Crippen LogP contribution < -0.4 is 0 Å². The molecule has 0 N–H and O–H groups in total. The summed E-state index contributed by atoms with van der Waals surface area (Å²) in [5, 5.41) is 0. The summed E-state index contributed by atoms with van der Waals surface area (Å²) in [6.45, 7) is 7.00. The quantitative estimate of drug-likeness (QED) is 0.575. The molecule has 0 atom stereocenters. The zero-order valence-electron chi connectivity index (χ0n) is 2.24. The number of hydrogen-bond acceptors (Lipinski definition) is 0. The zero-order chi connectivity index (χ0) is 2.00. The fourth-order valence-corrected chi connectivity index (χ4v) is 0. The molecule has 0 fully saturated rings. The summed E-state index contributed by atoms with van der Waals surface area (Å²) in [4.78, 5) is 0. The van der Waals surface area contributed by atoms with Gasteiger partial charge in [0.15, 0.2) is 0 Å². The molecule has 22 valence electrons. The Kier molecular flexibility index (Phi) is 109. The van der Waals surface area contributed by atoms with Crippen LogP contribution in [0.15, 0.2) is 6.58 Å². The Morgan fingerprint density at radius 2 is 1.25 bits per heavy atom. The van der Waals surface area contributed by atoms with Crippen LogP contribution in [0.3, 0.4) is 0 Å². The molecule has 0 rings (SSSR count). The van der Waals surface area contributed by atoms with Crippen molar-refractivity contribution in [2.45, 2.75) is 0 Å². The van der Waals surface area contributed by atoms with E-state index in [0.717, 1.165) is 0 Å². The van der Waals surface area contributed by atoms with Crippen molar-refractivity contribution in [1.29, 1.82) is 0 Å². The molecule has 0 unspecified atom stereocenters. The third kappa shape index (κ3) is 9.71. The van der Waals surface area contributed by atoms with E-state index in [4.69, 9.17) is 0 Å². The smallest absolute Gasteiger partial charge is 0 e. The van der Waals surface area contributed by atoms with Gasteiger partial charge in [-0.15, -0.1) is 0 Å². The van der Waals surface area contributed by atoms with Crippen LogP contribution in [-0.4, -0.2) is 0 Å². The van der Waals surface area contributed by atoms with Gasteiger partial charge in [-0.2, -0.15) is 0 Å². The van der Waals surface area contributed by atoms with Gasteiger partial charge in [-0.1, -0.05) is 0 Å². The van der Waals surface area contributed by atoms with Crippen LogP contribution in [0.25, 0.3) is 0 Å². The molecule has 0 aliphatic rings. The van der Waals surface area contributed by atoms with Crippen molar-refractivity contribution in [2.24, 2.45) is 0 Å². The second kappa shape index (κ2) is 24.4. The second-order valence-corrected chi connectivity index (χ2v) is 0. The van der Waals surface area contributed by atoms with Gasteiger partial charge in [0, 0.05) is 53.1 Å². The Labute approximate surface area is 65.6 Å². The largest absolute Gasteiger partial charge is 0.521 e. The molecule has 4 heavy (non-hydrogen) atoms. The molecular weight excluding hydrogens is 299 g/mol. The van der Waals surface area contributed by atoms with Gasteiger partial charge in [-0.3, -0.25) is 6.58 Å². The van der Waals surface area contributed by atoms with Crippen molar-refractivity contribution < 1.29 is 53.1 Å². The Balaban J connectivity index is -0.00000000500. The molecular formula is C2H3ReY-. The Morgan fingerprint density at radius 1 is 1.25 bits per heavy atom. The monoisotopic (exact) mass is 303 g/mol. The second-order valence-electron chi connectivity index (χ2n) is 0. The molecule has 0 nitrogen and oxygen atoms in total. The maximum atomic E-state index is 4.25. The third-order valence-corrected chi connectivity index (χ3v) is 0. The van der Waals surface area contributed by atoms with Crippen LogP contribution in [0, 0.1) is 6.58 Å². The summed E-state index contributed by atoms with van der Waals surface area (Å²) in [6, 6.07) is 0. The van der Waals surface area contributed by atoms with Crippen molar-refractivity contribution in [3.05, 3.63) is 13.2 Å². The summed E-state index contributed by atoms with van der Waals surface area (Å²) in [5.41, 5.74) is 0. The van der Waals surface area contributed by atoms with Crippen LogP contribution in [0.1, 0.15) is 0 Å². The minimum Gasteiger partial charge on any atom is -0.521 e. The van der Waals surface area contributed by atoms with E-state index in [-0.39, 0.29) is 53.1 Å². The first-order valence-corrected chi connectivity index (χ1v) is 0.408. The van der Waals surface area contributed by atoms with Crippen molar-refractivity contribution in [3.63, 3.8) is 0 Å². The van der Waals surface area contributed by atoms with Crippen molar-refractivity contribution in [3.8, 4) is 0 Å². The van der Waals surface area contributed by atoms with E-state index in [0.29, 0.717) is 0 Å². The first kappa shape index (κ1) is 17.8. The standard InChI is InChI=1S/C2H3.Re.Y/c1-2;;/h1H,2H2;;/q-1;;. The van der Waals surface area contributed by atoms with E-state index < -0.39 is 0 Å². The molecule has 0 aliphatic heterocycles. The number of hydrogen-bond donors (Lipinski definition) is 0. The minimum atomic E-state index is 0. The maximum absolute atomic E-state index is 4.25. The zero-order valence-corrected chi connectivity index (χ0v) is 7.79. The third-order valence-electron chi connectivity index (χ3n) is 0. The van der Waals surface area contributed by atoms with E-state index in [2.05, 4.69) is 13.2 Å². The predicted octanol–water partition coefficient (Wildman–Crippen LogP) is 0.600. The molecule has 0 spiro atoms. The topological polar surface area (TPSA) is 0 Å². The van der Waals surface area contributed by atoms with Crippen LogP contribution in [-0.2, 0) is 53.1 Å². The maximum Gasteiger partial charge on any atom is 0 e. The SMILES string of the molecule is [CH-]=C.[Re].[Y]. The molecule has 0 amide bonds.